The van der Waals surface area contributed by atoms with Crippen LogP contribution in [0.2, 0.25) is 4.71 Å². The molecule has 0 amide bonds. The van der Waals surface area contributed by atoms with E-state index >= 15 is 0 Å². The van der Waals surface area contributed by atoms with Crippen LogP contribution in [0.15, 0.2) is 40.4 Å². The van der Waals surface area contributed by atoms with Gasteiger partial charge in [-0.25, -0.2) is 0 Å². The summed E-state index contributed by atoms with van der Waals surface area (Å²) in [7, 11) is -3.68. The molecule has 7 nitrogen and oxygen atoms in total. The summed E-state index contributed by atoms with van der Waals surface area (Å²) in [5.41, 5.74) is 0.845. The van der Waals surface area contributed by atoms with E-state index in [4.69, 9.17) is 10.1 Å². The third-order valence-electron chi connectivity index (χ3n) is 4.57. The van der Waals surface area contributed by atoms with Crippen molar-refractivity contribution in [1.82, 2.24) is 15.0 Å². The summed E-state index contributed by atoms with van der Waals surface area (Å²) in [6.45, 7) is 0. The Bertz CT molecular complexity index is 1090. The van der Waals surface area contributed by atoms with Crippen LogP contribution in [0, 0.1) is 0 Å². The Hall–Kier alpha value is -1.19. The molecule has 1 aromatic carbocycles. The van der Waals surface area contributed by atoms with Crippen molar-refractivity contribution in [3.63, 3.8) is 0 Å². The van der Waals surface area contributed by atoms with E-state index in [9.17, 15) is 8.42 Å². The first-order chi connectivity index (χ1) is 13.4. The van der Waals surface area contributed by atoms with Crippen LogP contribution in [0.4, 0.5) is 5.95 Å². The summed E-state index contributed by atoms with van der Waals surface area (Å²) in [6.07, 6.45) is 9.05. The van der Waals surface area contributed by atoms with Crippen molar-refractivity contribution < 1.29 is 8.42 Å². The summed E-state index contributed by atoms with van der Waals surface area (Å²) >= 11 is 3.15. The maximum atomic E-state index is 11.5. The number of sulfonamides is 1. The van der Waals surface area contributed by atoms with Crippen LogP contribution < -0.4 is 14.3 Å². The molecule has 2 aromatic heterocycles. The summed E-state index contributed by atoms with van der Waals surface area (Å²) in [5.74, 6) is 0.690. The minimum absolute atomic E-state index is 0.0656. The maximum absolute atomic E-state index is 11.5. The first-order valence-corrected chi connectivity index (χ1v) is 14.3. The van der Waals surface area contributed by atoms with Gasteiger partial charge in [-0.1, -0.05) is 0 Å². The van der Waals surface area contributed by atoms with Crippen LogP contribution in [0.5, 0.6) is 0 Å². The van der Waals surface area contributed by atoms with Crippen LogP contribution in [0.1, 0.15) is 19.3 Å². The minimum atomic E-state index is -3.68. The number of aromatic nitrogens is 3. The van der Waals surface area contributed by atoms with Gasteiger partial charge in [0.1, 0.15) is 0 Å². The fourth-order valence-corrected chi connectivity index (χ4v) is 8.96. The number of fused-ring (bicyclic) bond motifs is 1. The number of benzene rings is 1. The van der Waals surface area contributed by atoms with Crippen LogP contribution in [-0.2, 0) is 10.0 Å². The number of hydrogen-bond donors (Lipinski definition) is 2. The van der Waals surface area contributed by atoms with Gasteiger partial charge in [-0.05, 0) is 0 Å². The molecule has 3 aromatic rings. The van der Waals surface area contributed by atoms with E-state index in [1.165, 1.54) is 12.5 Å². The van der Waals surface area contributed by atoms with Crippen molar-refractivity contribution in [2.24, 2.45) is 5.14 Å². The number of nitrogens with one attached hydrogen (secondary N) is 1. The zero-order chi connectivity index (χ0) is 19.7. The van der Waals surface area contributed by atoms with Gasteiger partial charge in [0, 0.05) is 0 Å². The molecule has 11 heteroatoms. The van der Waals surface area contributed by atoms with Crippen LogP contribution in [0.25, 0.3) is 10.2 Å². The molecule has 3 N–H and O–H groups in total. The van der Waals surface area contributed by atoms with E-state index in [1.54, 1.807) is 35.2 Å². The van der Waals surface area contributed by atoms with Crippen LogP contribution in [0.3, 0.4) is 0 Å². The Morgan fingerprint density at radius 2 is 2.07 bits per heavy atom. The number of hydrogen-bond acceptors (Lipinski definition) is 8. The first-order valence-electron chi connectivity index (χ1n) is 8.67. The summed E-state index contributed by atoms with van der Waals surface area (Å²) < 4.78 is 25.7. The molecule has 4 rings (SSSR count). The monoisotopic (exact) mass is 496 g/mol. The molecule has 1 radical (unpaired) electrons. The number of rotatable bonds is 6. The van der Waals surface area contributed by atoms with Gasteiger partial charge in [0.05, 0.1) is 0 Å². The normalized spacial score (nSPS) is 20.4. The molecule has 0 saturated heterocycles. The van der Waals surface area contributed by atoms with E-state index < -0.39 is 10.0 Å². The van der Waals surface area contributed by atoms with Gasteiger partial charge in [-0.2, -0.15) is 0 Å². The Morgan fingerprint density at radius 1 is 1.29 bits per heavy atom. The predicted octanol–water partition coefficient (Wildman–Crippen LogP) is 2.24. The Morgan fingerprint density at radius 3 is 2.79 bits per heavy atom. The third-order valence-corrected chi connectivity index (χ3v) is 10.5. The molecule has 0 spiro atoms. The second kappa shape index (κ2) is 8.28. The summed E-state index contributed by atoms with van der Waals surface area (Å²) in [6, 6.07) is 5.28. The van der Waals surface area contributed by atoms with Gasteiger partial charge in [0.15, 0.2) is 0 Å². The zero-order valence-electron chi connectivity index (χ0n) is 15.1. The van der Waals surface area contributed by atoms with Crippen molar-refractivity contribution in [2.45, 2.75) is 39.8 Å². The molecule has 1 saturated carbocycles. The Kier molecular flexibility index (Phi) is 5.94. The van der Waals surface area contributed by atoms with Crippen molar-refractivity contribution in [1.29, 1.82) is 0 Å². The van der Waals surface area contributed by atoms with E-state index in [1.807, 2.05) is 18.6 Å². The molecule has 2 heterocycles. The Balaban J connectivity index is 1.39. The van der Waals surface area contributed by atoms with Crippen molar-refractivity contribution in [3.05, 3.63) is 30.6 Å². The molecule has 2 atom stereocenters. The molecule has 1 fully saturated rings. The molecule has 0 bridgehead atoms. The molecule has 0 aliphatic heterocycles. The van der Waals surface area contributed by atoms with Gasteiger partial charge in [-0.15, -0.1) is 0 Å². The summed E-state index contributed by atoms with van der Waals surface area (Å²) in [5, 5.41) is 8.67. The fraction of sp³-hybridized carbons (Fsp3) is 0.353. The summed E-state index contributed by atoms with van der Waals surface area (Å²) in [4.78, 5) is 14.7. The Labute approximate surface area is 178 Å². The van der Waals surface area contributed by atoms with Gasteiger partial charge >= 0.3 is 179 Å². The number of nitrogens with two attached hydrogens (primary N) is 1. The van der Waals surface area contributed by atoms with Gasteiger partial charge in [-0.3, -0.25) is 0 Å². The fourth-order valence-electron chi connectivity index (χ4n) is 3.17. The number of thioether (sulfide) groups is 1. The van der Waals surface area contributed by atoms with Crippen LogP contribution in [-0.4, -0.2) is 51.4 Å². The molecule has 0 unspecified atom stereocenters. The quantitative estimate of drug-likeness (QED) is 0.398. The standard InChI is InChI=1S/C17H19AsN5O2S3/c1-26-12-8-20-17(21-9-12)22-11-3-2-10(6-11)18-16-23-14-5-4-13(28(19,24)25)7-15(14)27-16/h4-5,7-11H,2-3,6H2,1H3,(H2,19,24,25)(H,20,21,22)/t10-,11-/m0/s1. The van der Waals surface area contributed by atoms with Crippen molar-refractivity contribution >= 4 is 68.8 Å². The van der Waals surface area contributed by atoms with Crippen molar-refractivity contribution in [2.75, 3.05) is 11.6 Å². The SMILES string of the molecule is CSc1cnc(N[C@H]2CC[C@H]([As]c3nc4ccc(S(N)(=O)=O)cc4s3)C2)nc1. The van der Waals surface area contributed by atoms with Gasteiger partial charge < -0.3 is 0 Å². The third kappa shape index (κ3) is 4.68. The average Bonchev–Trinajstić information content (AvgIpc) is 3.27. The van der Waals surface area contributed by atoms with Gasteiger partial charge in [0.25, 0.3) is 0 Å². The number of anilines is 1. The van der Waals surface area contributed by atoms with E-state index in [2.05, 4.69) is 15.3 Å². The number of nitrogens with zero attached hydrogens (tertiary/aromatic N) is 3. The number of primary sulfonamides is 1. The van der Waals surface area contributed by atoms with Crippen LogP contribution >= 0.6 is 23.1 Å². The van der Waals surface area contributed by atoms with E-state index in [0.717, 1.165) is 31.7 Å². The second-order valence-corrected chi connectivity index (χ2v) is 13.6. The second-order valence-electron chi connectivity index (χ2n) is 6.55. The molecule has 147 valence electrons. The molecular formula is C17H19AsN5O2S3. The first kappa shape index (κ1) is 20.1. The van der Waals surface area contributed by atoms with Crippen molar-refractivity contribution in [3.8, 4) is 0 Å². The molecule has 1 aliphatic rings. The van der Waals surface area contributed by atoms with E-state index in [-0.39, 0.29) is 20.6 Å². The predicted molar refractivity (Wildman–Crippen MR) is 115 cm³/mol. The molecular weight excluding hydrogens is 477 g/mol. The zero-order valence-corrected chi connectivity index (χ0v) is 19.4. The molecule has 1 aliphatic carbocycles. The van der Waals surface area contributed by atoms with Gasteiger partial charge in [0.2, 0.25) is 0 Å². The van der Waals surface area contributed by atoms with E-state index in [0.29, 0.717) is 16.7 Å². The number of thiazole rings is 1. The molecule has 28 heavy (non-hydrogen) atoms. The topological polar surface area (TPSA) is 111 Å². The average molecular weight is 496 g/mol.